The molecule has 0 aliphatic heterocycles. The highest BCUT2D eigenvalue weighted by Crippen LogP contribution is 2.19. The van der Waals surface area contributed by atoms with E-state index in [-0.39, 0.29) is 28.5 Å². The predicted molar refractivity (Wildman–Crippen MR) is 64.9 cm³/mol. The summed E-state index contributed by atoms with van der Waals surface area (Å²) < 4.78 is 0. The molecule has 0 amide bonds. The minimum Gasteiger partial charge on any atom is -0.390 e. The first-order valence-electron chi connectivity index (χ1n) is 5.47. The molecule has 102 valence electrons. The van der Waals surface area contributed by atoms with Gasteiger partial charge in [0.05, 0.1) is 24.1 Å². The third-order valence-corrected chi connectivity index (χ3v) is 2.55. The Kier molecular flexibility index (Phi) is 3.42. The number of nitrogens with two attached hydrogens (primary N) is 1. The first-order valence-corrected chi connectivity index (χ1v) is 5.47. The second-order valence-electron chi connectivity index (χ2n) is 4.02. The van der Waals surface area contributed by atoms with Gasteiger partial charge in [-0.1, -0.05) is 0 Å². The number of fused-ring (bicyclic) bond motifs is 1. The molecule has 0 aromatic carbocycles. The Balaban J connectivity index is 2.75. The Labute approximate surface area is 106 Å². The molecular weight excluding hydrogens is 254 g/mol. The number of aliphatic hydroxyl groups is 3. The highest BCUT2D eigenvalue weighted by atomic mass is 16.3. The largest absolute Gasteiger partial charge is 0.390 e. The standard InChI is InChI=1S/C10H13N5O4/c1-3(17)7(18)5-4(2-16)12-8-6(13-5)9(19)15-10(11)14-8/h3,7,16-18H,2H2,1H3,(H3,11,12,14,15,19)/t3-,7-/m0/s1. The molecular formula is C10H13N5O4. The van der Waals surface area contributed by atoms with Gasteiger partial charge in [0.2, 0.25) is 5.95 Å². The smallest absolute Gasteiger partial charge is 0.280 e. The van der Waals surface area contributed by atoms with Crippen LogP contribution in [0.3, 0.4) is 0 Å². The Morgan fingerprint density at radius 2 is 2.00 bits per heavy atom. The van der Waals surface area contributed by atoms with Crippen LogP contribution < -0.4 is 11.3 Å². The number of nitrogen functional groups attached to an aromatic ring is 1. The number of hydrogen-bond acceptors (Lipinski definition) is 8. The maximum Gasteiger partial charge on any atom is 0.280 e. The third-order valence-electron chi connectivity index (χ3n) is 2.55. The van der Waals surface area contributed by atoms with Crippen molar-refractivity contribution in [1.29, 1.82) is 0 Å². The zero-order valence-electron chi connectivity index (χ0n) is 10.0. The summed E-state index contributed by atoms with van der Waals surface area (Å²) in [4.78, 5) is 25.5. The van der Waals surface area contributed by atoms with Crippen LogP contribution in [0, 0.1) is 0 Å². The van der Waals surface area contributed by atoms with E-state index in [4.69, 9.17) is 5.73 Å². The third kappa shape index (κ3) is 2.38. The molecule has 19 heavy (non-hydrogen) atoms. The van der Waals surface area contributed by atoms with Crippen LogP contribution in [-0.2, 0) is 6.61 Å². The summed E-state index contributed by atoms with van der Waals surface area (Å²) in [7, 11) is 0. The molecule has 0 aliphatic carbocycles. The summed E-state index contributed by atoms with van der Waals surface area (Å²) >= 11 is 0. The van der Waals surface area contributed by atoms with E-state index in [0.717, 1.165) is 0 Å². The Bertz CT molecular complexity index is 669. The first kappa shape index (κ1) is 13.3. The number of aliphatic hydroxyl groups excluding tert-OH is 3. The lowest BCUT2D eigenvalue weighted by Gasteiger charge is -2.15. The number of nitrogens with zero attached hydrogens (tertiary/aromatic N) is 3. The van der Waals surface area contributed by atoms with Crippen LogP contribution in [0.2, 0.25) is 0 Å². The van der Waals surface area contributed by atoms with Crippen molar-refractivity contribution in [1.82, 2.24) is 19.9 Å². The van der Waals surface area contributed by atoms with Crippen molar-refractivity contribution < 1.29 is 15.3 Å². The van der Waals surface area contributed by atoms with Gasteiger partial charge in [-0.25, -0.2) is 9.97 Å². The molecule has 0 unspecified atom stereocenters. The number of aromatic amines is 1. The number of hydrogen-bond donors (Lipinski definition) is 5. The minimum atomic E-state index is -1.36. The summed E-state index contributed by atoms with van der Waals surface area (Å²) in [6, 6.07) is 0. The fourth-order valence-corrected chi connectivity index (χ4v) is 1.60. The van der Waals surface area contributed by atoms with Gasteiger partial charge in [-0.15, -0.1) is 0 Å². The molecule has 0 bridgehead atoms. The average Bonchev–Trinajstić information content (AvgIpc) is 2.36. The molecule has 2 aromatic rings. The molecule has 2 aromatic heterocycles. The Morgan fingerprint density at radius 1 is 1.32 bits per heavy atom. The van der Waals surface area contributed by atoms with E-state index >= 15 is 0 Å². The zero-order valence-corrected chi connectivity index (χ0v) is 10.0. The zero-order chi connectivity index (χ0) is 14.2. The molecule has 9 nitrogen and oxygen atoms in total. The van der Waals surface area contributed by atoms with Gasteiger partial charge in [-0.2, -0.15) is 4.98 Å². The normalized spacial score (nSPS) is 14.5. The lowest BCUT2D eigenvalue weighted by Crippen LogP contribution is -2.21. The lowest BCUT2D eigenvalue weighted by atomic mass is 10.1. The monoisotopic (exact) mass is 267 g/mol. The quantitative estimate of drug-likeness (QED) is 0.435. The molecule has 9 heteroatoms. The topological polar surface area (TPSA) is 158 Å². The SMILES string of the molecule is C[C@H](O)[C@H](O)c1nc2c(=O)[nH]c(N)nc2nc1CO. The van der Waals surface area contributed by atoms with Crippen molar-refractivity contribution in [3.05, 3.63) is 21.7 Å². The number of anilines is 1. The van der Waals surface area contributed by atoms with Crippen molar-refractivity contribution in [3.63, 3.8) is 0 Å². The minimum absolute atomic E-state index is 0.0263. The predicted octanol–water partition coefficient (Wildman–Crippen LogP) is -1.80. The van der Waals surface area contributed by atoms with Gasteiger partial charge in [0.1, 0.15) is 6.10 Å². The molecule has 0 fully saturated rings. The van der Waals surface area contributed by atoms with E-state index in [2.05, 4.69) is 19.9 Å². The lowest BCUT2D eigenvalue weighted by molar-refractivity contribution is 0.0263. The number of H-pyrrole nitrogens is 1. The van der Waals surface area contributed by atoms with Gasteiger partial charge in [0.15, 0.2) is 11.2 Å². The van der Waals surface area contributed by atoms with E-state index < -0.39 is 24.4 Å². The van der Waals surface area contributed by atoms with Gasteiger partial charge in [0.25, 0.3) is 5.56 Å². The fraction of sp³-hybridized carbons (Fsp3) is 0.400. The summed E-state index contributed by atoms with van der Waals surface area (Å²) in [5.41, 5.74) is 4.56. The molecule has 0 spiro atoms. The van der Waals surface area contributed by atoms with E-state index in [1.165, 1.54) is 6.92 Å². The highest BCUT2D eigenvalue weighted by Gasteiger charge is 2.22. The van der Waals surface area contributed by atoms with Gasteiger partial charge in [0, 0.05) is 0 Å². The van der Waals surface area contributed by atoms with Crippen molar-refractivity contribution in [2.45, 2.75) is 25.7 Å². The summed E-state index contributed by atoms with van der Waals surface area (Å²) in [6.45, 7) is 0.833. The van der Waals surface area contributed by atoms with Crippen molar-refractivity contribution >= 4 is 17.1 Å². The molecule has 0 saturated heterocycles. The van der Waals surface area contributed by atoms with E-state index in [1.807, 2.05) is 0 Å². The average molecular weight is 267 g/mol. The molecule has 2 rings (SSSR count). The fourth-order valence-electron chi connectivity index (χ4n) is 1.60. The van der Waals surface area contributed by atoms with Crippen molar-refractivity contribution in [2.75, 3.05) is 5.73 Å². The number of rotatable bonds is 3. The second kappa shape index (κ2) is 4.88. The van der Waals surface area contributed by atoms with Gasteiger partial charge in [-0.05, 0) is 6.92 Å². The van der Waals surface area contributed by atoms with Crippen LogP contribution in [-0.4, -0.2) is 41.4 Å². The second-order valence-corrected chi connectivity index (χ2v) is 4.02. The summed E-state index contributed by atoms with van der Waals surface area (Å²) in [5, 5.41) is 28.4. The van der Waals surface area contributed by atoms with Crippen LogP contribution in [0.25, 0.3) is 11.2 Å². The van der Waals surface area contributed by atoms with Gasteiger partial charge in [-0.3, -0.25) is 9.78 Å². The molecule has 0 radical (unpaired) electrons. The summed E-state index contributed by atoms with van der Waals surface area (Å²) in [6.07, 6.45) is -2.49. The maximum atomic E-state index is 11.7. The van der Waals surface area contributed by atoms with Crippen molar-refractivity contribution in [3.8, 4) is 0 Å². The number of nitrogens with one attached hydrogen (secondary N) is 1. The first-order chi connectivity index (χ1) is 8.93. The molecule has 2 heterocycles. The van der Waals surface area contributed by atoms with E-state index in [1.54, 1.807) is 0 Å². The molecule has 6 N–H and O–H groups in total. The van der Waals surface area contributed by atoms with Crippen LogP contribution in [0.15, 0.2) is 4.79 Å². The Morgan fingerprint density at radius 3 is 2.58 bits per heavy atom. The molecule has 2 atom stereocenters. The van der Waals surface area contributed by atoms with Crippen LogP contribution in [0.5, 0.6) is 0 Å². The maximum absolute atomic E-state index is 11.7. The highest BCUT2D eigenvalue weighted by molar-refractivity contribution is 5.69. The van der Waals surface area contributed by atoms with Crippen LogP contribution in [0.4, 0.5) is 5.95 Å². The van der Waals surface area contributed by atoms with Gasteiger partial charge >= 0.3 is 0 Å². The van der Waals surface area contributed by atoms with Gasteiger partial charge < -0.3 is 21.1 Å². The van der Waals surface area contributed by atoms with Crippen LogP contribution >= 0.6 is 0 Å². The Hall–Kier alpha value is -2.10. The number of aromatic nitrogens is 4. The molecule has 0 saturated carbocycles. The van der Waals surface area contributed by atoms with Crippen LogP contribution in [0.1, 0.15) is 24.4 Å². The van der Waals surface area contributed by atoms with E-state index in [0.29, 0.717) is 0 Å². The van der Waals surface area contributed by atoms with Crippen molar-refractivity contribution in [2.24, 2.45) is 0 Å². The molecule has 0 aliphatic rings. The van der Waals surface area contributed by atoms with E-state index in [9.17, 15) is 20.1 Å². The summed E-state index contributed by atoms with van der Waals surface area (Å²) in [5.74, 6) is -0.125.